The molecular formula is C8H18N2O2S. The van der Waals surface area contributed by atoms with Gasteiger partial charge >= 0.3 is 0 Å². The van der Waals surface area contributed by atoms with E-state index in [1.54, 1.807) is 0 Å². The maximum absolute atomic E-state index is 11.4. The number of sulfonamides is 1. The van der Waals surface area contributed by atoms with Crippen LogP contribution in [0.15, 0.2) is 0 Å². The van der Waals surface area contributed by atoms with Gasteiger partial charge in [-0.25, -0.2) is 13.1 Å². The van der Waals surface area contributed by atoms with Crippen LogP contribution in [0.2, 0.25) is 0 Å². The molecule has 0 spiro atoms. The molecule has 78 valence electrons. The van der Waals surface area contributed by atoms with Crippen LogP contribution in [0.5, 0.6) is 0 Å². The molecule has 1 aliphatic rings. The van der Waals surface area contributed by atoms with Crippen LogP contribution >= 0.6 is 0 Å². The third kappa shape index (κ3) is 4.06. The van der Waals surface area contributed by atoms with Gasteiger partial charge in [-0.1, -0.05) is 0 Å². The minimum Gasteiger partial charge on any atom is -0.330 e. The van der Waals surface area contributed by atoms with Gasteiger partial charge < -0.3 is 5.73 Å². The first-order valence-corrected chi connectivity index (χ1v) is 6.40. The monoisotopic (exact) mass is 206 g/mol. The zero-order valence-electron chi connectivity index (χ0n) is 7.99. The van der Waals surface area contributed by atoms with E-state index in [-0.39, 0.29) is 11.8 Å². The van der Waals surface area contributed by atoms with Crippen LogP contribution in [0.3, 0.4) is 0 Å². The molecule has 1 unspecified atom stereocenters. The minimum absolute atomic E-state index is 0.0998. The fourth-order valence-electron chi connectivity index (χ4n) is 1.31. The summed E-state index contributed by atoms with van der Waals surface area (Å²) in [5, 5.41) is 0. The molecule has 1 aliphatic carbocycles. The summed E-state index contributed by atoms with van der Waals surface area (Å²) in [6, 6.07) is 0.0998. The SMILES string of the molecule is CC(NS(=O)(=O)CCCN)C1CC1. The van der Waals surface area contributed by atoms with Crippen molar-refractivity contribution in [3.63, 3.8) is 0 Å². The number of nitrogens with one attached hydrogen (secondary N) is 1. The van der Waals surface area contributed by atoms with E-state index in [9.17, 15) is 8.42 Å². The fourth-order valence-corrected chi connectivity index (χ4v) is 2.73. The van der Waals surface area contributed by atoms with Gasteiger partial charge in [0.25, 0.3) is 0 Å². The van der Waals surface area contributed by atoms with E-state index in [2.05, 4.69) is 4.72 Å². The molecule has 5 heteroatoms. The molecule has 0 aromatic heterocycles. The molecule has 1 fully saturated rings. The van der Waals surface area contributed by atoms with Crippen LogP contribution in [0.4, 0.5) is 0 Å². The van der Waals surface area contributed by atoms with E-state index in [0.29, 0.717) is 18.9 Å². The van der Waals surface area contributed by atoms with Gasteiger partial charge in [-0.05, 0) is 38.6 Å². The Morgan fingerprint density at radius 1 is 1.54 bits per heavy atom. The zero-order valence-corrected chi connectivity index (χ0v) is 8.81. The van der Waals surface area contributed by atoms with Gasteiger partial charge in [0, 0.05) is 6.04 Å². The predicted octanol–water partition coefficient (Wildman–Crippen LogP) is 0.0531. The highest BCUT2D eigenvalue weighted by molar-refractivity contribution is 7.89. The van der Waals surface area contributed by atoms with E-state index in [1.807, 2.05) is 6.92 Å². The standard InChI is InChI=1S/C8H18N2O2S/c1-7(8-3-4-8)10-13(11,12)6-2-5-9/h7-8,10H,2-6,9H2,1H3. The van der Waals surface area contributed by atoms with Crippen molar-refractivity contribution in [2.75, 3.05) is 12.3 Å². The molecule has 0 radical (unpaired) electrons. The number of rotatable bonds is 6. The summed E-state index contributed by atoms with van der Waals surface area (Å²) >= 11 is 0. The van der Waals surface area contributed by atoms with Gasteiger partial charge in [0.15, 0.2) is 0 Å². The van der Waals surface area contributed by atoms with Crippen molar-refractivity contribution in [3.05, 3.63) is 0 Å². The van der Waals surface area contributed by atoms with Crippen molar-refractivity contribution < 1.29 is 8.42 Å². The lowest BCUT2D eigenvalue weighted by atomic mass is 10.2. The van der Waals surface area contributed by atoms with Crippen molar-refractivity contribution >= 4 is 10.0 Å². The van der Waals surface area contributed by atoms with E-state index in [1.165, 1.54) is 0 Å². The Morgan fingerprint density at radius 3 is 2.62 bits per heavy atom. The summed E-state index contributed by atoms with van der Waals surface area (Å²) in [6.07, 6.45) is 2.84. The second kappa shape index (κ2) is 4.39. The minimum atomic E-state index is -3.08. The Kier molecular flexibility index (Phi) is 3.70. The average Bonchev–Trinajstić information content (AvgIpc) is 2.82. The highest BCUT2D eigenvalue weighted by Crippen LogP contribution is 2.32. The highest BCUT2D eigenvalue weighted by Gasteiger charge is 2.30. The summed E-state index contributed by atoms with van der Waals surface area (Å²) in [4.78, 5) is 0. The van der Waals surface area contributed by atoms with Gasteiger partial charge in [0.1, 0.15) is 0 Å². The summed E-state index contributed by atoms with van der Waals surface area (Å²) in [7, 11) is -3.08. The van der Waals surface area contributed by atoms with Gasteiger partial charge in [-0.3, -0.25) is 0 Å². The summed E-state index contributed by atoms with van der Waals surface area (Å²) in [5.74, 6) is 0.716. The number of hydrogen-bond acceptors (Lipinski definition) is 3. The van der Waals surface area contributed by atoms with Crippen LogP contribution in [-0.2, 0) is 10.0 Å². The first kappa shape index (κ1) is 10.9. The Bertz CT molecular complexity index is 247. The maximum atomic E-state index is 11.4. The lowest BCUT2D eigenvalue weighted by molar-refractivity contribution is 0.536. The van der Waals surface area contributed by atoms with Crippen LogP contribution in [-0.4, -0.2) is 26.8 Å². The number of hydrogen-bond donors (Lipinski definition) is 2. The van der Waals surface area contributed by atoms with Crippen LogP contribution in [0.25, 0.3) is 0 Å². The molecule has 0 aromatic carbocycles. The molecular weight excluding hydrogens is 188 g/mol. The van der Waals surface area contributed by atoms with Crippen molar-refractivity contribution in [2.24, 2.45) is 11.7 Å². The molecule has 4 nitrogen and oxygen atoms in total. The van der Waals surface area contributed by atoms with Crippen LogP contribution < -0.4 is 10.5 Å². The van der Waals surface area contributed by atoms with E-state index >= 15 is 0 Å². The maximum Gasteiger partial charge on any atom is 0.211 e. The predicted molar refractivity (Wildman–Crippen MR) is 52.8 cm³/mol. The molecule has 0 amide bonds. The molecule has 0 heterocycles. The van der Waals surface area contributed by atoms with E-state index in [4.69, 9.17) is 5.73 Å². The summed E-state index contributed by atoms with van der Waals surface area (Å²) in [5.41, 5.74) is 5.25. The number of nitrogens with two attached hydrogens (primary N) is 1. The topological polar surface area (TPSA) is 72.2 Å². The highest BCUT2D eigenvalue weighted by atomic mass is 32.2. The van der Waals surface area contributed by atoms with Crippen LogP contribution in [0.1, 0.15) is 26.2 Å². The Labute approximate surface area is 79.9 Å². The molecule has 0 aromatic rings. The summed E-state index contributed by atoms with van der Waals surface area (Å²) < 4.78 is 25.4. The van der Waals surface area contributed by atoms with E-state index < -0.39 is 10.0 Å². The first-order chi connectivity index (χ1) is 6.05. The molecule has 1 rings (SSSR count). The van der Waals surface area contributed by atoms with Gasteiger partial charge in [0.2, 0.25) is 10.0 Å². The largest absolute Gasteiger partial charge is 0.330 e. The quantitative estimate of drug-likeness (QED) is 0.645. The molecule has 0 aliphatic heterocycles. The molecule has 3 N–H and O–H groups in total. The first-order valence-electron chi connectivity index (χ1n) is 4.75. The second-order valence-electron chi connectivity index (χ2n) is 3.71. The average molecular weight is 206 g/mol. The fraction of sp³-hybridized carbons (Fsp3) is 1.00. The molecule has 13 heavy (non-hydrogen) atoms. The molecule has 0 saturated heterocycles. The smallest absolute Gasteiger partial charge is 0.211 e. The van der Waals surface area contributed by atoms with Crippen molar-refractivity contribution in [1.82, 2.24) is 4.72 Å². The Morgan fingerprint density at radius 2 is 2.15 bits per heavy atom. The van der Waals surface area contributed by atoms with Crippen molar-refractivity contribution in [1.29, 1.82) is 0 Å². The van der Waals surface area contributed by atoms with Gasteiger partial charge in [-0.15, -0.1) is 0 Å². The molecule has 0 bridgehead atoms. The molecule has 1 atom stereocenters. The van der Waals surface area contributed by atoms with E-state index in [0.717, 1.165) is 12.8 Å². The van der Waals surface area contributed by atoms with Crippen LogP contribution in [0, 0.1) is 5.92 Å². The van der Waals surface area contributed by atoms with Gasteiger partial charge in [0.05, 0.1) is 5.75 Å². The zero-order chi connectivity index (χ0) is 9.90. The normalized spacial score (nSPS) is 20.2. The second-order valence-corrected chi connectivity index (χ2v) is 5.58. The lowest BCUT2D eigenvalue weighted by Gasteiger charge is -2.12. The molecule has 1 saturated carbocycles. The summed E-state index contributed by atoms with van der Waals surface area (Å²) in [6.45, 7) is 2.36. The third-order valence-electron chi connectivity index (χ3n) is 2.31. The van der Waals surface area contributed by atoms with Gasteiger partial charge in [-0.2, -0.15) is 0 Å². The lowest BCUT2D eigenvalue weighted by Crippen LogP contribution is -2.36. The Hall–Kier alpha value is -0.130. The van der Waals surface area contributed by atoms with Crippen molar-refractivity contribution in [3.8, 4) is 0 Å². The Balaban J connectivity index is 2.31. The van der Waals surface area contributed by atoms with Crippen molar-refractivity contribution in [2.45, 2.75) is 32.2 Å². The third-order valence-corrected chi connectivity index (χ3v) is 3.87.